The Kier molecular flexibility index (Phi) is 7.67. The highest BCUT2D eigenvalue weighted by Crippen LogP contribution is 2.41. The van der Waals surface area contributed by atoms with Gasteiger partial charge in [0.15, 0.2) is 18.1 Å². The first kappa shape index (κ1) is 29.3. The van der Waals surface area contributed by atoms with Crippen LogP contribution in [0.1, 0.15) is 50.3 Å². The number of nitrogens with zero attached hydrogens (tertiary/aromatic N) is 8. The summed E-state index contributed by atoms with van der Waals surface area (Å²) >= 11 is 0. The monoisotopic (exact) mass is 610 g/mol. The summed E-state index contributed by atoms with van der Waals surface area (Å²) in [6.45, 7) is 9.99. The summed E-state index contributed by atoms with van der Waals surface area (Å²) in [5.74, 6) is 0.675. The predicted octanol–water partition coefficient (Wildman–Crippen LogP) is 4.30. The number of pyridine rings is 1. The van der Waals surface area contributed by atoms with Crippen LogP contribution in [-0.2, 0) is 22.5 Å². The van der Waals surface area contributed by atoms with Crippen LogP contribution in [0, 0.1) is 29.0 Å². The number of fused-ring (bicyclic) bond motifs is 2. The van der Waals surface area contributed by atoms with Gasteiger partial charge in [-0.15, -0.1) is 0 Å². The second-order valence-electron chi connectivity index (χ2n) is 12.6. The quantitative estimate of drug-likeness (QED) is 0.301. The van der Waals surface area contributed by atoms with Crippen molar-refractivity contribution < 1.29 is 18.7 Å². The van der Waals surface area contributed by atoms with Crippen molar-refractivity contribution in [3.63, 3.8) is 0 Å². The summed E-state index contributed by atoms with van der Waals surface area (Å²) in [5, 5.41) is 16.2. The van der Waals surface area contributed by atoms with E-state index < -0.39 is 5.82 Å². The van der Waals surface area contributed by atoms with Gasteiger partial charge < -0.3 is 9.47 Å². The summed E-state index contributed by atoms with van der Waals surface area (Å²) < 4.78 is 26.8. The van der Waals surface area contributed by atoms with E-state index in [0.717, 1.165) is 73.0 Å². The van der Waals surface area contributed by atoms with Crippen molar-refractivity contribution in [2.24, 2.45) is 11.8 Å². The molecule has 3 aromatic heterocycles. The largest absolute Gasteiger partial charge is 0.482 e. The van der Waals surface area contributed by atoms with E-state index in [-0.39, 0.29) is 25.1 Å². The van der Waals surface area contributed by atoms with Gasteiger partial charge in [0, 0.05) is 24.0 Å². The Hall–Kier alpha value is -4.47. The van der Waals surface area contributed by atoms with Crippen LogP contribution >= 0.6 is 0 Å². The molecule has 2 fully saturated rings. The Balaban J connectivity index is 1.29. The van der Waals surface area contributed by atoms with Gasteiger partial charge in [-0.1, -0.05) is 26.8 Å². The van der Waals surface area contributed by atoms with Gasteiger partial charge in [0.05, 0.1) is 67.4 Å². The van der Waals surface area contributed by atoms with Crippen molar-refractivity contribution in [2.75, 3.05) is 37.8 Å². The molecule has 0 unspecified atom stereocenters. The van der Waals surface area contributed by atoms with Crippen LogP contribution in [0.2, 0.25) is 0 Å². The molecule has 0 N–H and O–H groups in total. The van der Waals surface area contributed by atoms with Gasteiger partial charge in [0.25, 0.3) is 5.91 Å². The van der Waals surface area contributed by atoms with Crippen LogP contribution in [0.4, 0.5) is 10.1 Å². The lowest BCUT2D eigenvalue weighted by Crippen LogP contribution is -2.54. The molecule has 12 heteroatoms. The van der Waals surface area contributed by atoms with E-state index in [4.69, 9.17) is 19.6 Å². The molecule has 0 spiro atoms. The first-order valence-electron chi connectivity index (χ1n) is 15.5. The summed E-state index contributed by atoms with van der Waals surface area (Å²) in [4.78, 5) is 30.1. The third-order valence-corrected chi connectivity index (χ3v) is 9.04. The number of anilines is 1. The lowest BCUT2D eigenvalue weighted by Gasteiger charge is -2.44. The number of halogens is 1. The second-order valence-corrected chi connectivity index (χ2v) is 12.6. The van der Waals surface area contributed by atoms with Gasteiger partial charge >= 0.3 is 0 Å². The third-order valence-electron chi connectivity index (χ3n) is 9.04. The first-order valence-corrected chi connectivity index (χ1v) is 15.5. The molecular weight excluding hydrogens is 575 g/mol. The van der Waals surface area contributed by atoms with Crippen molar-refractivity contribution in [1.29, 1.82) is 5.26 Å². The molecule has 2 saturated heterocycles. The standard InChI is InChI=1S/C33H35FN8O3/c1-19(2)8-26-24(10-35)32(25-13-38-42(33(25)39-26)27-6-7-40(14-20(27)3)23-16-44-17-23)21-4-5-28-29(9-21)45-18-31(43)41(28)15-30-36-11-22(34)12-37-30/h4-5,9,11-13,19-20,23,27H,6-8,14-18H2,1-3H3/t20-,27-/m1/s1. The smallest absolute Gasteiger partial charge is 0.265 e. The molecule has 6 heterocycles. The summed E-state index contributed by atoms with van der Waals surface area (Å²) in [5.41, 5.74) is 4.15. The third kappa shape index (κ3) is 5.40. The SMILES string of the molecule is CC(C)Cc1nc2c(cnn2[C@@H]2CCN(C3COC3)C[C@H]2C)c(-c2ccc3c(c2)OCC(=O)N3Cc2ncc(F)cn2)c1C#N. The van der Waals surface area contributed by atoms with Crippen LogP contribution in [0.5, 0.6) is 5.75 Å². The highest BCUT2D eigenvalue weighted by atomic mass is 19.1. The van der Waals surface area contributed by atoms with E-state index >= 15 is 0 Å². The average Bonchev–Trinajstić information content (AvgIpc) is 3.40. The molecule has 232 valence electrons. The van der Waals surface area contributed by atoms with Crippen molar-refractivity contribution in [2.45, 2.75) is 52.2 Å². The molecule has 0 bridgehead atoms. The number of ether oxygens (including phenoxy) is 2. The number of rotatable bonds is 7. The fourth-order valence-corrected chi connectivity index (χ4v) is 6.69. The molecule has 3 aliphatic heterocycles. The number of piperidine rings is 1. The maximum Gasteiger partial charge on any atom is 0.265 e. The van der Waals surface area contributed by atoms with E-state index in [1.165, 1.54) is 4.90 Å². The number of carbonyl (C=O) groups excluding carboxylic acids is 1. The molecule has 0 saturated carbocycles. The maximum atomic E-state index is 13.4. The highest BCUT2D eigenvalue weighted by molar-refractivity contribution is 6.00. The summed E-state index contributed by atoms with van der Waals surface area (Å²) in [7, 11) is 0. The number of hydrogen-bond donors (Lipinski definition) is 0. The molecule has 45 heavy (non-hydrogen) atoms. The number of nitriles is 1. The van der Waals surface area contributed by atoms with Crippen LogP contribution in [0.15, 0.2) is 36.8 Å². The number of hydrogen-bond acceptors (Lipinski definition) is 9. The Labute approximate surface area is 260 Å². The Morgan fingerprint density at radius 2 is 1.98 bits per heavy atom. The Morgan fingerprint density at radius 1 is 1.18 bits per heavy atom. The normalized spacial score (nSPS) is 20.6. The molecule has 0 radical (unpaired) electrons. The van der Waals surface area contributed by atoms with Gasteiger partial charge in [-0.2, -0.15) is 10.4 Å². The van der Waals surface area contributed by atoms with E-state index in [1.54, 1.807) is 0 Å². The van der Waals surface area contributed by atoms with Gasteiger partial charge in [-0.25, -0.2) is 24.0 Å². The Morgan fingerprint density at radius 3 is 2.67 bits per heavy atom. The van der Waals surface area contributed by atoms with E-state index in [1.807, 2.05) is 24.4 Å². The molecule has 1 amide bonds. The summed E-state index contributed by atoms with van der Waals surface area (Å²) in [6.07, 6.45) is 5.60. The second kappa shape index (κ2) is 11.8. The average molecular weight is 611 g/mol. The van der Waals surface area contributed by atoms with E-state index in [2.05, 4.69) is 46.4 Å². The van der Waals surface area contributed by atoms with Crippen LogP contribution in [0.3, 0.4) is 0 Å². The number of benzene rings is 1. The zero-order valence-corrected chi connectivity index (χ0v) is 25.6. The van der Waals surface area contributed by atoms with Crippen molar-refractivity contribution >= 4 is 22.6 Å². The number of amides is 1. The lowest BCUT2D eigenvalue weighted by molar-refractivity contribution is -0.121. The van der Waals surface area contributed by atoms with Crippen LogP contribution < -0.4 is 9.64 Å². The highest BCUT2D eigenvalue weighted by Gasteiger charge is 2.36. The zero-order valence-electron chi connectivity index (χ0n) is 25.6. The summed E-state index contributed by atoms with van der Waals surface area (Å²) in [6, 6.07) is 8.71. The molecule has 11 nitrogen and oxygen atoms in total. The van der Waals surface area contributed by atoms with Crippen LogP contribution in [0.25, 0.3) is 22.2 Å². The van der Waals surface area contributed by atoms with Gasteiger partial charge in [0.1, 0.15) is 17.6 Å². The number of likely N-dealkylation sites (tertiary alicyclic amines) is 1. The minimum absolute atomic E-state index is 0.0772. The van der Waals surface area contributed by atoms with Crippen molar-refractivity contribution in [3.05, 3.63) is 59.7 Å². The molecule has 2 atom stereocenters. The molecule has 4 aromatic rings. The van der Waals surface area contributed by atoms with Gasteiger partial charge in [-0.05, 0) is 42.4 Å². The predicted molar refractivity (Wildman–Crippen MR) is 164 cm³/mol. The number of carbonyl (C=O) groups is 1. The molecular formula is C33H35FN8O3. The molecule has 7 rings (SSSR count). The van der Waals surface area contributed by atoms with Crippen molar-refractivity contribution in [3.8, 4) is 22.9 Å². The van der Waals surface area contributed by atoms with Gasteiger partial charge in [0.2, 0.25) is 0 Å². The molecule has 1 aromatic carbocycles. The zero-order chi connectivity index (χ0) is 31.2. The Bertz CT molecular complexity index is 1800. The van der Waals surface area contributed by atoms with E-state index in [9.17, 15) is 14.4 Å². The minimum Gasteiger partial charge on any atom is -0.482 e. The number of aromatic nitrogens is 5. The molecule has 0 aliphatic carbocycles. The maximum absolute atomic E-state index is 13.4. The van der Waals surface area contributed by atoms with Crippen molar-refractivity contribution in [1.82, 2.24) is 29.6 Å². The van der Waals surface area contributed by atoms with Crippen LogP contribution in [-0.4, -0.2) is 74.5 Å². The first-order chi connectivity index (χ1) is 21.8. The topological polar surface area (TPSA) is 122 Å². The lowest BCUT2D eigenvalue weighted by atomic mass is 9.91. The fraction of sp³-hybridized carbons (Fsp3) is 0.455. The fourth-order valence-electron chi connectivity index (χ4n) is 6.69. The minimum atomic E-state index is -0.544. The molecule has 3 aliphatic rings. The van der Waals surface area contributed by atoms with E-state index in [0.29, 0.717) is 47.1 Å². The van der Waals surface area contributed by atoms with Gasteiger partial charge in [-0.3, -0.25) is 14.6 Å².